The van der Waals surface area contributed by atoms with E-state index in [4.69, 9.17) is 21.1 Å². The Morgan fingerprint density at radius 3 is 2.41 bits per heavy atom. The maximum Gasteiger partial charge on any atom is 0.426 e. The lowest BCUT2D eigenvalue weighted by atomic mass is 9.86. The second-order valence-electron chi connectivity index (χ2n) is 7.97. The number of aliphatic carboxylic acids is 1. The largest absolute Gasteiger partial charge is 0.481 e. The Morgan fingerprint density at radius 2 is 1.83 bits per heavy atom. The first-order valence-electron chi connectivity index (χ1n) is 8.94. The van der Waals surface area contributed by atoms with E-state index in [0.717, 1.165) is 5.56 Å². The molecule has 0 saturated carbocycles. The first kappa shape index (κ1) is 21.3. The van der Waals surface area contributed by atoms with E-state index in [2.05, 4.69) is 0 Å². The molecule has 0 bridgehead atoms. The average molecular weight is 429 g/mol. The van der Waals surface area contributed by atoms with E-state index in [1.807, 2.05) is 32.9 Å². The van der Waals surface area contributed by atoms with Crippen molar-refractivity contribution in [3.63, 3.8) is 0 Å². The Bertz CT molecular complexity index is 934. The summed E-state index contributed by atoms with van der Waals surface area (Å²) in [5.41, 5.74) is 0.956. The molecule has 2 unspecified atom stereocenters. The second kappa shape index (κ2) is 7.44. The van der Waals surface area contributed by atoms with Gasteiger partial charge in [0.1, 0.15) is 23.2 Å². The van der Waals surface area contributed by atoms with Gasteiger partial charge in [0.2, 0.25) is 6.10 Å². The van der Waals surface area contributed by atoms with Crippen LogP contribution in [-0.4, -0.2) is 23.4 Å². The summed E-state index contributed by atoms with van der Waals surface area (Å²) in [7, 11) is 0. The van der Waals surface area contributed by atoms with Gasteiger partial charge in [-0.25, -0.2) is 0 Å². The molecule has 2 aromatic rings. The molecule has 156 valence electrons. The zero-order valence-electron chi connectivity index (χ0n) is 16.0. The van der Waals surface area contributed by atoms with Crippen molar-refractivity contribution < 1.29 is 32.5 Å². The van der Waals surface area contributed by atoms with Crippen molar-refractivity contribution in [2.45, 2.75) is 44.9 Å². The molecule has 0 aliphatic carbocycles. The molecule has 2 atom stereocenters. The standard InChI is InChI=1S/C21H20ClF3O4/c1-20(2,3)13-6-4-5-7-15(13)28-17-10-16-11(9-14(17)22)8-12(19(26)27)18(29-16)21(23,24)25/h4-7,9-10,12,18H,8H2,1-3H3,(H,26,27). The quantitative estimate of drug-likeness (QED) is 0.651. The number of carbonyl (C=O) groups is 1. The number of ether oxygens (including phenoxy) is 2. The van der Waals surface area contributed by atoms with Crippen LogP contribution in [-0.2, 0) is 16.6 Å². The second-order valence-corrected chi connectivity index (χ2v) is 8.37. The molecule has 8 heteroatoms. The van der Waals surface area contributed by atoms with Gasteiger partial charge < -0.3 is 14.6 Å². The van der Waals surface area contributed by atoms with Crippen LogP contribution in [0, 0.1) is 5.92 Å². The van der Waals surface area contributed by atoms with Gasteiger partial charge in [-0.05, 0) is 29.5 Å². The summed E-state index contributed by atoms with van der Waals surface area (Å²) in [6, 6.07) is 9.98. The van der Waals surface area contributed by atoms with Gasteiger partial charge in [0.05, 0.1) is 5.02 Å². The van der Waals surface area contributed by atoms with Crippen molar-refractivity contribution in [2.24, 2.45) is 5.92 Å². The fourth-order valence-corrected chi connectivity index (χ4v) is 3.52. The van der Waals surface area contributed by atoms with Gasteiger partial charge in [-0.15, -0.1) is 0 Å². The van der Waals surface area contributed by atoms with Crippen LogP contribution in [0.2, 0.25) is 5.02 Å². The molecule has 1 heterocycles. The molecule has 3 rings (SSSR count). The zero-order chi connectivity index (χ0) is 21.6. The number of carboxylic acid groups (broad SMARTS) is 1. The third-order valence-corrected chi connectivity index (χ3v) is 5.02. The molecule has 4 nitrogen and oxygen atoms in total. The van der Waals surface area contributed by atoms with E-state index in [1.165, 1.54) is 12.1 Å². The van der Waals surface area contributed by atoms with Crippen LogP contribution in [0.25, 0.3) is 0 Å². The zero-order valence-corrected chi connectivity index (χ0v) is 16.8. The summed E-state index contributed by atoms with van der Waals surface area (Å²) < 4.78 is 50.9. The number of fused-ring (bicyclic) bond motifs is 1. The summed E-state index contributed by atoms with van der Waals surface area (Å²) in [4.78, 5) is 11.3. The summed E-state index contributed by atoms with van der Waals surface area (Å²) >= 11 is 6.28. The Morgan fingerprint density at radius 1 is 1.17 bits per heavy atom. The summed E-state index contributed by atoms with van der Waals surface area (Å²) in [6.45, 7) is 6.02. The van der Waals surface area contributed by atoms with Gasteiger partial charge in [0.25, 0.3) is 0 Å². The van der Waals surface area contributed by atoms with E-state index < -0.39 is 24.2 Å². The molecule has 0 radical (unpaired) electrons. The molecule has 1 N–H and O–H groups in total. The van der Waals surface area contributed by atoms with Crippen LogP contribution < -0.4 is 9.47 Å². The van der Waals surface area contributed by atoms with E-state index in [-0.39, 0.29) is 28.4 Å². The smallest absolute Gasteiger partial charge is 0.426 e. The highest BCUT2D eigenvalue weighted by molar-refractivity contribution is 6.32. The number of halogens is 4. The molecule has 0 saturated heterocycles. The van der Waals surface area contributed by atoms with Crippen LogP contribution in [0.15, 0.2) is 36.4 Å². The first-order chi connectivity index (χ1) is 13.4. The minimum atomic E-state index is -4.82. The molecule has 1 aliphatic heterocycles. The van der Waals surface area contributed by atoms with Crippen LogP contribution >= 0.6 is 11.6 Å². The lowest BCUT2D eigenvalue weighted by Crippen LogP contribution is -2.47. The van der Waals surface area contributed by atoms with Crippen molar-refractivity contribution in [2.75, 3.05) is 0 Å². The molecule has 2 aromatic carbocycles. The fourth-order valence-electron chi connectivity index (χ4n) is 3.29. The number of para-hydroxylation sites is 1. The lowest BCUT2D eigenvalue weighted by molar-refractivity contribution is -0.217. The van der Waals surface area contributed by atoms with E-state index in [0.29, 0.717) is 11.3 Å². The molecule has 1 aliphatic rings. The van der Waals surface area contributed by atoms with Crippen LogP contribution in [0.4, 0.5) is 13.2 Å². The van der Waals surface area contributed by atoms with Crippen LogP contribution in [0.5, 0.6) is 17.2 Å². The molecular formula is C21H20ClF3O4. The van der Waals surface area contributed by atoms with Gasteiger partial charge in [0, 0.05) is 11.6 Å². The molecule has 0 spiro atoms. The number of benzene rings is 2. The van der Waals surface area contributed by atoms with Gasteiger partial charge >= 0.3 is 12.1 Å². The topological polar surface area (TPSA) is 55.8 Å². The molecular weight excluding hydrogens is 409 g/mol. The molecule has 0 fully saturated rings. The fraction of sp³-hybridized carbons (Fsp3) is 0.381. The highest BCUT2D eigenvalue weighted by Gasteiger charge is 2.52. The highest BCUT2D eigenvalue weighted by Crippen LogP contribution is 2.44. The van der Waals surface area contributed by atoms with Gasteiger partial charge in [-0.2, -0.15) is 13.2 Å². The summed E-state index contributed by atoms with van der Waals surface area (Å²) in [5.74, 6) is -2.75. The van der Waals surface area contributed by atoms with Gasteiger partial charge in [-0.1, -0.05) is 50.6 Å². The minimum absolute atomic E-state index is 0.0857. The van der Waals surface area contributed by atoms with Crippen LogP contribution in [0.3, 0.4) is 0 Å². The molecule has 29 heavy (non-hydrogen) atoms. The Labute approximate surface area is 171 Å². The third-order valence-electron chi connectivity index (χ3n) is 4.73. The predicted octanol–water partition coefficient (Wildman–Crippen LogP) is 6.00. The Hall–Kier alpha value is -2.41. The minimum Gasteiger partial charge on any atom is -0.481 e. The van der Waals surface area contributed by atoms with Gasteiger partial charge in [-0.3, -0.25) is 4.79 Å². The Kier molecular flexibility index (Phi) is 5.47. The number of hydrogen-bond donors (Lipinski definition) is 1. The SMILES string of the molecule is CC(C)(C)c1ccccc1Oc1cc2c(cc1Cl)CC(C(=O)O)C(C(F)(F)F)O2. The predicted molar refractivity (Wildman–Crippen MR) is 102 cm³/mol. The summed E-state index contributed by atoms with van der Waals surface area (Å²) in [6.07, 6.45) is -7.60. The van der Waals surface area contributed by atoms with Crippen molar-refractivity contribution in [1.82, 2.24) is 0 Å². The van der Waals surface area contributed by atoms with Crippen molar-refractivity contribution in [3.05, 3.63) is 52.5 Å². The van der Waals surface area contributed by atoms with Crippen molar-refractivity contribution >= 4 is 17.6 Å². The number of rotatable bonds is 3. The number of alkyl halides is 3. The van der Waals surface area contributed by atoms with E-state index in [1.54, 1.807) is 12.1 Å². The number of carboxylic acids is 1. The molecule has 0 amide bonds. The van der Waals surface area contributed by atoms with Gasteiger partial charge in [0.15, 0.2) is 0 Å². The normalized spacial score (nSPS) is 19.3. The number of hydrogen-bond acceptors (Lipinski definition) is 3. The highest BCUT2D eigenvalue weighted by atomic mass is 35.5. The van der Waals surface area contributed by atoms with Crippen LogP contribution in [0.1, 0.15) is 31.9 Å². The third kappa shape index (κ3) is 4.45. The molecule has 0 aromatic heterocycles. The maximum absolute atomic E-state index is 13.3. The lowest BCUT2D eigenvalue weighted by Gasteiger charge is -2.33. The maximum atomic E-state index is 13.3. The van der Waals surface area contributed by atoms with E-state index in [9.17, 15) is 23.1 Å². The monoisotopic (exact) mass is 428 g/mol. The summed E-state index contributed by atoms with van der Waals surface area (Å²) in [5, 5.41) is 9.34. The van der Waals surface area contributed by atoms with E-state index >= 15 is 0 Å². The van der Waals surface area contributed by atoms with Crippen molar-refractivity contribution in [3.8, 4) is 17.2 Å². The Balaban J connectivity index is 1.99. The van der Waals surface area contributed by atoms with Crippen molar-refractivity contribution in [1.29, 1.82) is 0 Å². The first-order valence-corrected chi connectivity index (χ1v) is 9.31. The average Bonchev–Trinajstić information content (AvgIpc) is 2.60.